The van der Waals surface area contributed by atoms with Crippen molar-refractivity contribution in [2.45, 2.75) is 33.3 Å². The summed E-state index contributed by atoms with van der Waals surface area (Å²) in [5.41, 5.74) is -0.591. The van der Waals surface area contributed by atoms with Crippen LogP contribution in [0.4, 0.5) is 0 Å². The van der Waals surface area contributed by atoms with Gasteiger partial charge in [0.05, 0.1) is 7.11 Å². The van der Waals surface area contributed by atoms with Crippen molar-refractivity contribution >= 4 is 11.9 Å². The molecular formula is C9H15O4. The van der Waals surface area contributed by atoms with E-state index in [-0.39, 0.29) is 5.92 Å². The topological polar surface area (TPSA) is 52.6 Å². The van der Waals surface area contributed by atoms with E-state index in [4.69, 9.17) is 4.74 Å². The second kappa shape index (κ2) is 4.25. The zero-order chi connectivity index (χ0) is 10.6. The van der Waals surface area contributed by atoms with Crippen molar-refractivity contribution in [1.82, 2.24) is 0 Å². The second-order valence-corrected chi connectivity index (χ2v) is 3.62. The van der Waals surface area contributed by atoms with E-state index in [1.54, 1.807) is 20.8 Å². The minimum absolute atomic E-state index is 0.0441. The zero-order valence-corrected chi connectivity index (χ0v) is 8.63. The quantitative estimate of drug-likeness (QED) is 0.479. The number of carbonyl (C=O) groups excluding carboxylic acids is 2. The van der Waals surface area contributed by atoms with Crippen LogP contribution in [0.3, 0.4) is 0 Å². The SMILES string of the molecule is COC(=O)[C](C)C(=O)OC(C)(C)C. The third-order valence-corrected chi connectivity index (χ3v) is 1.20. The van der Waals surface area contributed by atoms with Crippen molar-refractivity contribution in [1.29, 1.82) is 0 Å². The molecule has 4 nitrogen and oxygen atoms in total. The fourth-order valence-corrected chi connectivity index (χ4v) is 0.591. The first-order chi connectivity index (χ1) is 5.78. The largest absolute Gasteiger partial charge is 0.468 e. The van der Waals surface area contributed by atoms with Crippen LogP contribution < -0.4 is 0 Å². The molecule has 0 aromatic rings. The van der Waals surface area contributed by atoms with Gasteiger partial charge in [0.15, 0.2) is 5.92 Å². The van der Waals surface area contributed by atoms with Crippen LogP contribution in [0, 0.1) is 5.92 Å². The molecular weight excluding hydrogens is 172 g/mol. The number of ether oxygens (including phenoxy) is 2. The summed E-state index contributed by atoms with van der Waals surface area (Å²) in [5, 5.41) is 0. The van der Waals surface area contributed by atoms with Gasteiger partial charge in [0, 0.05) is 0 Å². The van der Waals surface area contributed by atoms with E-state index in [9.17, 15) is 9.59 Å². The van der Waals surface area contributed by atoms with Crippen molar-refractivity contribution in [2.75, 3.05) is 7.11 Å². The van der Waals surface area contributed by atoms with Crippen LogP contribution in [0.2, 0.25) is 0 Å². The second-order valence-electron chi connectivity index (χ2n) is 3.62. The lowest BCUT2D eigenvalue weighted by molar-refractivity contribution is -0.157. The highest BCUT2D eigenvalue weighted by Crippen LogP contribution is 2.12. The number of hydrogen-bond acceptors (Lipinski definition) is 4. The van der Waals surface area contributed by atoms with Gasteiger partial charge in [-0.15, -0.1) is 0 Å². The molecule has 0 N–H and O–H groups in total. The van der Waals surface area contributed by atoms with Gasteiger partial charge in [-0.3, -0.25) is 9.59 Å². The lowest BCUT2D eigenvalue weighted by atomic mass is 10.1. The molecule has 0 spiro atoms. The Morgan fingerprint density at radius 3 is 1.85 bits per heavy atom. The van der Waals surface area contributed by atoms with E-state index >= 15 is 0 Å². The van der Waals surface area contributed by atoms with E-state index in [0.29, 0.717) is 0 Å². The summed E-state index contributed by atoms with van der Waals surface area (Å²) in [4.78, 5) is 22.1. The highest BCUT2D eigenvalue weighted by molar-refractivity contribution is 6.09. The van der Waals surface area contributed by atoms with Crippen molar-refractivity contribution in [3.63, 3.8) is 0 Å². The molecule has 0 aliphatic rings. The summed E-state index contributed by atoms with van der Waals surface area (Å²) in [6.07, 6.45) is 0. The Hall–Kier alpha value is -1.06. The maximum atomic E-state index is 11.2. The Bertz CT molecular complexity index is 202. The lowest BCUT2D eigenvalue weighted by Crippen LogP contribution is -2.30. The van der Waals surface area contributed by atoms with Crippen LogP contribution in [0.25, 0.3) is 0 Å². The first-order valence-corrected chi connectivity index (χ1v) is 3.93. The number of hydrogen-bond donors (Lipinski definition) is 0. The summed E-state index contributed by atoms with van der Waals surface area (Å²) in [6.45, 7) is 6.57. The van der Waals surface area contributed by atoms with Crippen LogP contribution in [0.5, 0.6) is 0 Å². The Balaban J connectivity index is 4.20. The van der Waals surface area contributed by atoms with Crippen molar-refractivity contribution in [2.24, 2.45) is 0 Å². The average molecular weight is 187 g/mol. The molecule has 1 radical (unpaired) electrons. The average Bonchev–Trinajstić information content (AvgIpc) is 1.98. The standard InChI is InChI=1S/C9H15O4/c1-6(7(10)12-5)8(11)13-9(2,3)4/h1-5H3. The van der Waals surface area contributed by atoms with Gasteiger partial charge in [0.1, 0.15) is 5.60 Å². The van der Waals surface area contributed by atoms with Crippen LogP contribution >= 0.6 is 0 Å². The minimum atomic E-state index is -0.658. The molecule has 0 aromatic carbocycles. The molecule has 0 heterocycles. The summed E-state index contributed by atoms with van der Waals surface area (Å²) in [7, 11) is 1.22. The Labute approximate surface area is 78.2 Å². The molecule has 0 aliphatic heterocycles. The van der Waals surface area contributed by atoms with Crippen LogP contribution in [-0.2, 0) is 19.1 Å². The molecule has 0 saturated carbocycles. The molecule has 0 atom stereocenters. The van der Waals surface area contributed by atoms with E-state index < -0.39 is 17.5 Å². The molecule has 75 valence electrons. The van der Waals surface area contributed by atoms with Crippen molar-refractivity contribution < 1.29 is 19.1 Å². The summed E-state index contributed by atoms with van der Waals surface area (Å²) >= 11 is 0. The molecule has 0 rings (SSSR count). The predicted molar refractivity (Wildman–Crippen MR) is 46.8 cm³/mol. The van der Waals surface area contributed by atoms with Gasteiger partial charge in [-0.1, -0.05) is 0 Å². The van der Waals surface area contributed by atoms with Gasteiger partial charge in [-0.25, -0.2) is 0 Å². The maximum absolute atomic E-state index is 11.2. The molecule has 0 bridgehead atoms. The smallest absolute Gasteiger partial charge is 0.325 e. The fourth-order valence-electron chi connectivity index (χ4n) is 0.591. The predicted octanol–water partition coefficient (Wildman–Crippen LogP) is 1.10. The maximum Gasteiger partial charge on any atom is 0.325 e. The minimum Gasteiger partial charge on any atom is -0.468 e. The van der Waals surface area contributed by atoms with Crippen molar-refractivity contribution in [3.8, 4) is 0 Å². The molecule has 0 aromatic heterocycles. The van der Waals surface area contributed by atoms with E-state index in [1.165, 1.54) is 14.0 Å². The number of esters is 2. The molecule has 0 fully saturated rings. The molecule has 4 heteroatoms. The van der Waals surface area contributed by atoms with Gasteiger partial charge in [-0.05, 0) is 27.7 Å². The Morgan fingerprint density at radius 1 is 1.08 bits per heavy atom. The lowest BCUT2D eigenvalue weighted by Gasteiger charge is -2.20. The van der Waals surface area contributed by atoms with Gasteiger partial charge in [0.2, 0.25) is 0 Å². The highest BCUT2D eigenvalue weighted by Gasteiger charge is 2.28. The molecule has 0 amide bonds. The summed E-state index contributed by atoms with van der Waals surface area (Å²) < 4.78 is 9.32. The van der Waals surface area contributed by atoms with Crippen LogP contribution in [-0.4, -0.2) is 24.6 Å². The van der Waals surface area contributed by atoms with Crippen molar-refractivity contribution in [3.05, 3.63) is 5.92 Å². The van der Waals surface area contributed by atoms with Gasteiger partial charge < -0.3 is 9.47 Å². The first kappa shape index (κ1) is 11.9. The molecule has 0 aliphatic carbocycles. The monoisotopic (exact) mass is 187 g/mol. The highest BCUT2D eigenvalue weighted by atomic mass is 16.6. The van der Waals surface area contributed by atoms with Gasteiger partial charge in [-0.2, -0.15) is 0 Å². The van der Waals surface area contributed by atoms with Gasteiger partial charge in [0.25, 0.3) is 0 Å². The number of rotatable bonds is 2. The number of methoxy groups -OCH3 is 1. The zero-order valence-electron chi connectivity index (χ0n) is 8.63. The first-order valence-electron chi connectivity index (χ1n) is 3.93. The Morgan fingerprint density at radius 2 is 1.54 bits per heavy atom. The number of carbonyl (C=O) groups is 2. The van der Waals surface area contributed by atoms with E-state index in [1.807, 2.05) is 0 Å². The molecule has 13 heavy (non-hydrogen) atoms. The normalized spacial score (nSPS) is 11.2. The van der Waals surface area contributed by atoms with Gasteiger partial charge >= 0.3 is 11.9 Å². The third kappa shape index (κ3) is 4.50. The van der Waals surface area contributed by atoms with Crippen LogP contribution in [0.1, 0.15) is 27.7 Å². The Kier molecular flexibility index (Phi) is 3.91. The fraction of sp³-hybridized carbons (Fsp3) is 0.667. The van der Waals surface area contributed by atoms with E-state index in [0.717, 1.165) is 0 Å². The van der Waals surface area contributed by atoms with Crippen LogP contribution in [0.15, 0.2) is 0 Å². The summed E-state index contributed by atoms with van der Waals surface area (Å²) in [6, 6.07) is 0. The summed E-state index contributed by atoms with van der Waals surface area (Å²) in [5.74, 6) is -1.34. The molecule has 0 saturated heterocycles. The van der Waals surface area contributed by atoms with E-state index in [2.05, 4.69) is 4.74 Å². The molecule has 0 unspecified atom stereocenters. The third-order valence-electron chi connectivity index (χ3n) is 1.20.